The van der Waals surface area contributed by atoms with Gasteiger partial charge in [0, 0.05) is 25.1 Å². The lowest BCUT2D eigenvalue weighted by Crippen LogP contribution is -2.03. The summed E-state index contributed by atoms with van der Waals surface area (Å²) in [6.07, 6.45) is 1.17. The molecular weight excluding hydrogens is 278 g/mol. The summed E-state index contributed by atoms with van der Waals surface area (Å²) in [6.45, 7) is 0. The van der Waals surface area contributed by atoms with E-state index < -0.39 is 9.84 Å². The van der Waals surface area contributed by atoms with Crippen LogP contribution in [0, 0.1) is 0 Å². The van der Waals surface area contributed by atoms with Gasteiger partial charge in [-0.15, -0.1) is 0 Å². The number of nitrogens with two attached hydrogens (primary N) is 1. The zero-order valence-electron chi connectivity index (χ0n) is 11.1. The third-order valence-corrected chi connectivity index (χ3v) is 3.68. The first-order valence-corrected chi connectivity index (χ1v) is 7.67. The van der Waals surface area contributed by atoms with Crippen molar-refractivity contribution >= 4 is 33.1 Å². The molecule has 1 heterocycles. The van der Waals surface area contributed by atoms with E-state index in [1.807, 2.05) is 0 Å². The second-order valence-electron chi connectivity index (χ2n) is 4.17. The molecule has 2 aromatic rings. The summed E-state index contributed by atoms with van der Waals surface area (Å²) in [5.74, 6) is 1.26. The van der Waals surface area contributed by atoms with Crippen molar-refractivity contribution in [2.24, 2.45) is 0 Å². The van der Waals surface area contributed by atoms with Crippen LogP contribution in [0.15, 0.2) is 35.2 Å². The molecule has 0 saturated carbocycles. The molecule has 7 nitrogen and oxygen atoms in total. The van der Waals surface area contributed by atoms with E-state index in [2.05, 4.69) is 20.6 Å². The standard InChI is InChI=1S/C12H15N5O2S/c1-14-10-7-11(17-12(13)16-10)15-8-3-5-9(6-4-8)20(2,18)19/h3-7H,1-2H3,(H4,13,14,15,16,17). The molecule has 0 aliphatic heterocycles. The Labute approximate surface area is 117 Å². The summed E-state index contributed by atoms with van der Waals surface area (Å²) in [5.41, 5.74) is 6.29. The summed E-state index contributed by atoms with van der Waals surface area (Å²) >= 11 is 0. The molecular formula is C12H15N5O2S. The number of benzene rings is 1. The van der Waals surface area contributed by atoms with Gasteiger partial charge in [-0.05, 0) is 24.3 Å². The molecule has 0 amide bonds. The quantitative estimate of drug-likeness (QED) is 0.778. The molecule has 0 saturated heterocycles. The van der Waals surface area contributed by atoms with E-state index in [9.17, 15) is 8.42 Å². The lowest BCUT2D eigenvalue weighted by atomic mass is 10.3. The fraction of sp³-hybridized carbons (Fsp3) is 0.167. The number of rotatable bonds is 4. The van der Waals surface area contributed by atoms with Crippen molar-refractivity contribution in [2.45, 2.75) is 4.90 Å². The minimum absolute atomic E-state index is 0.145. The van der Waals surface area contributed by atoms with Gasteiger partial charge in [0.2, 0.25) is 5.95 Å². The summed E-state index contributed by atoms with van der Waals surface area (Å²) < 4.78 is 22.7. The number of nitrogens with zero attached hydrogens (tertiary/aromatic N) is 2. The number of hydrogen-bond donors (Lipinski definition) is 3. The zero-order valence-corrected chi connectivity index (χ0v) is 11.9. The van der Waals surface area contributed by atoms with Gasteiger partial charge in [-0.1, -0.05) is 0 Å². The van der Waals surface area contributed by atoms with Gasteiger partial charge in [-0.25, -0.2) is 8.42 Å². The fourth-order valence-electron chi connectivity index (χ4n) is 1.59. The lowest BCUT2D eigenvalue weighted by molar-refractivity contribution is 0.602. The van der Waals surface area contributed by atoms with Crippen molar-refractivity contribution in [3.8, 4) is 0 Å². The zero-order chi connectivity index (χ0) is 14.8. The van der Waals surface area contributed by atoms with Gasteiger partial charge >= 0.3 is 0 Å². The Balaban J connectivity index is 2.24. The van der Waals surface area contributed by atoms with Crippen LogP contribution in [0.25, 0.3) is 0 Å². The molecule has 0 aliphatic rings. The third-order valence-electron chi connectivity index (χ3n) is 2.55. The predicted octanol–water partition coefficient (Wildman–Crippen LogP) is 1.25. The highest BCUT2D eigenvalue weighted by Gasteiger charge is 2.07. The molecule has 0 spiro atoms. The van der Waals surface area contributed by atoms with Crippen molar-refractivity contribution in [2.75, 3.05) is 29.7 Å². The van der Waals surface area contributed by atoms with Crippen molar-refractivity contribution < 1.29 is 8.42 Å². The molecule has 4 N–H and O–H groups in total. The van der Waals surface area contributed by atoms with E-state index >= 15 is 0 Å². The van der Waals surface area contributed by atoms with Crippen LogP contribution < -0.4 is 16.4 Å². The summed E-state index contributed by atoms with van der Waals surface area (Å²) in [7, 11) is -1.46. The first-order chi connectivity index (χ1) is 9.38. The number of aromatic nitrogens is 2. The topological polar surface area (TPSA) is 110 Å². The van der Waals surface area contributed by atoms with E-state index in [4.69, 9.17) is 5.73 Å². The summed E-state index contributed by atoms with van der Waals surface area (Å²) in [5, 5.41) is 5.90. The van der Waals surface area contributed by atoms with Crippen LogP contribution in [0.1, 0.15) is 0 Å². The highest BCUT2D eigenvalue weighted by Crippen LogP contribution is 2.19. The molecule has 0 unspecified atom stereocenters. The molecule has 0 atom stereocenters. The van der Waals surface area contributed by atoms with Crippen molar-refractivity contribution in [3.63, 3.8) is 0 Å². The highest BCUT2D eigenvalue weighted by molar-refractivity contribution is 7.90. The van der Waals surface area contributed by atoms with Crippen LogP contribution in [0.5, 0.6) is 0 Å². The van der Waals surface area contributed by atoms with Crippen LogP contribution in [-0.4, -0.2) is 31.7 Å². The Morgan fingerprint density at radius 1 is 1.10 bits per heavy atom. The normalized spacial score (nSPS) is 11.1. The molecule has 8 heteroatoms. The number of nitrogen functional groups attached to an aromatic ring is 1. The van der Waals surface area contributed by atoms with Crippen molar-refractivity contribution in [3.05, 3.63) is 30.3 Å². The third kappa shape index (κ3) is 3.35. The van der Waals surface area contributed by atoms with Gasteiger partial charge in [-0.2, -0.15) is 9.97 Å². The Kier molecular flexibility index (Phi) is 3.75. The molecule has 0 aliphatic carbocycles. The van der Waals surface area contributed by atoms with Gasteiger partial charge in [0.25, 0.3) is 0 Å². The molecule has 0 bridgehead atoms. The van der Waals surface area contributed by atoms with Crippen LogP contribution in [-0.2, 0) is 9.84 Å². The molecule has 20 heavy (non-hydrogen) atoms. The minimum atomic E-state index is -3.19. The minimum Gasteiger partial charge on any atom is -0.373 e. The molecule has 1 aromatic heterocycles. The summed E-state index contributed by atoms with van der Waals surface area (Å²) in [6, 6.07) is 8.07. The monoisotopic (exact) mass is 293 g/mol. The number of anilines is 4. The lowest BCUT2D eigenvalue weighted by Gasteiger charge is -2.08. The first-order valence-electron chi connectivity index (χ1n) is 5.78. The van der Waals surface area contributed by atoms with Gasteiger partial charge in [0.15, 0.2) is 9.84 Å². The molecule has 0 radical (unpaired) electrons. The second-order valence-corrected chi connectivity index (χ2v) is 6.18. The van der Waals surface area contributed by atoms with Crippen molar-refractivity contribution in [1.82, 2.24) is 9.97 Å². The largest absolute Gasteiger partial charge is 0.373 e. The van der Waals surface area contributed by atoms with Gasteiger partial charge < -0.3 is 16.4 Å². The van der Waals surface area contributed by atoms with Crippen LogP contribution in [0.3, 0.4) is 0 Å². The van der Waals surface area contributed by atoms with Crippen LogP contribution in [0.4, 0.5) is 23.3 Å². The van der Waals surface area contributed by atoms with Crippen LogP contribution >= 0.6 is 0 Å². The maximum atomic E-state index is 11.4. The Morgan fingerprint density at radius 2 is 1.70 bits per heavy atom. The average Bonchev–Trinajstić information content (AvgIpc) is 2.37. The van der Waals surface area contributed by atoms with E-state index in [-0.39, 0.29) is 10.8 Å². The van der Waals surface area contributed by atoms with Crippen molar-refractivity contribution in [1.29, 1.82) is 0 Å². The molecule has 0 fully saturated rings. The number of sulfone groups is 1. The van der Waals surface area contributed by atoms with Crippen LogP contribution in [0.2, 0.25) is 0 Å². The highest BCUT2D eigenvalue weighted by atomic mass is 32.2. The fourth-order valence-corrected chi connectivity index (χ4v) is 2.22. The Hall–Kier alpha value is -2.35. The maximum absolute atomic E-state index is 11.4. The average molecular weight is 293 g/mol. The molecule has 2 rings (SSSR count). The predicted molar refractivity (Wildman–Crippen MR) is 78.8 cm³/mol. The van der Waals surface area contributed by atoms with Gasteiger partial charge in [0.05, 0.1) is 4.90 Å². The Bertz CT molecular complexity index is 713. The number of nitrogens with one attached hydrogen (secondary N) is 2. The first kappa shape index (κ1) is 14.1. The van der Waals surface area contributed by atoms with E-state index in [0.717, 1.165) is 0 Å². The molecule has 1 aromatic carbocycles. The number of hydrogen-bond acceptors (Lipinski definition) is 7. The maximum Gasteiger partial charge on any atom is 0.223 e. The second kappa shape index (κ2) is 5.33. The van der Waals surface area contributed by atoms with E-state index in [1.54, 1.807) is 25.2 Å². The van der Waals surface area contributed by atoms with E-state index in [0.29, 0.717) is 17.3 Å². The Morgan fingerprint density at radius 3 is 2.25 bits per heavy atom. The summed E-state index contributed by atoms with van der Waals surface area (Å²) in [4.78, 5) is 8.29. The van der Waals surface area contributed by atoms with E-state index in [1.165, 1.54) is 18.4 Å². The van der Waals surface area contributed by atoms with Gasteiger partial charge in [-0.3, -0.25) is 0 Å². The SMILES string of the molecule is CNc1cc(Nc2ccc(S(C)(=O)=O)cc2)nc(N)n1. The van der Waals surface area contributed by atoms with Gasteiger partial charge in [0.1, 0.15) is 11.6 Å². The molecule has 106 valence electrons. The smallest absolute Gasteiger partial charge is 0.223 e.